The molecule has 0 unspecified atom stereocenters. The molecule has 1 saturated carbocycles. The summed E-state index contributed by atoms with van der Waals surface area (Å²) in [5.74, 6) is -1.67. The molecule has 0 aromatic carbocycles. The van der Waals surface area contributed by atoms with E-state index in [1.165, 1.54) is 12.8 Å². The summed E-state index contributed by atoms with van der Waals surface area (Å²) in [6, 6.07) is 0. The van der Waals surface area contributed by atoms with Crippen LogP contribution in [0.25, 0.3) is 0 Å². The number of aliphatic hydroxyl groups excluding tert-OH is 2. The minimum Gasteiger partial charge on any atom is -0.481 e. The molecule has 0 amide bonds. The Morgan fingerprint density at radius 3 is 1.22 bits per heavy atom. The highest BCUT2D eigenvalue weighted by molar-refractivity contribution is 5.63. The first kappa shape index (κ1) is 19.2. The lowest BCUT2D eigenvalue weighted by Gasteiger charge is -2.19. The average Bonchev–Trinajstić information content (AvgIpc) is 2.18. The van der Waals surface area contributed by atoms with E-state index >= 15 is 0 Å². The smallest absolute Gasteiger partial charge is 0.300 e. The second kappa shape index (κ2) is 12.3. The van der Waals surface area contributed by atoms with Crippen molar-refractivity contribution in [2.45, 2.75) is 64.6 Å². The molecule has 1 aliphatic rings. The van der Waals surface area contributed by atoms with Gasteiger partial charge in [0.2, 0.25) is 0 Å². The van der Waals surface area contributed by atoms with Gasteiger partial charge in [0.25, 0.3) is 11.9 Å². The van der Waals surface area contributed by atoms with E-state index < -0.39 is 24.1 Å². The first-order valence-corrected chi connectivity index (χ1v) is 6.02. The fourth-order valence-electron chi connectivity index (χ4n) is 1.45. The molecular weight excluding hydrogens is 240 g/mol. The molecule has 0 saturated heterocycles. The zero-order valence-electron chi connectivity index (χ0n) is 11.0. The molecule has 0 radical (unpaired) electrons. The lowest BCUT2D eigenvalue weighted by molar-refractivity contribution is -0.135. The van der Waals surface area contributed by atoms with Gasteiger partial charge in [-0.1, -0.05) is 25.7 Å². The molecule has 4 N–H and O–H groups in total. The third-order valence-corrected chi connectivity index (χ3v) is 2.19. The van der Waals surface area contributed by atoms with Crippen LogP contribution in [0.2, 0.25) is 0 Å². The summed E-state index contributed by atoms with van der Waals surface area (Å²) in [5, 5.41) is 33.3. The number of carboxylic acid groups (broad SMARTS) is 2. The van der Waals surface area contributed by atoms with E-state index in [9.17, 15) is 10.2 Å². The largest absolute Gasteiger partial charge is 0.481 e. The molecule has 0 spiro atoms. The fraction of sp³-hybridized carbons (Fsp3) is 0.833. The molecule has 0 aromatic rings. The molecule has 1 rings (SSSR count). The Hall–Kier alpha value is -1.14. The van der Waals surface area contributed by atoms with Gasteiger partial charge in [-0.3, -0.25) is 9.59 Å². The highest BCUT2D eigenvalue weighted by Crippen LogP contribution is 2.17. The number of aliphatic hydroxyl groups is 2. The Balaban J connectivity index is 0. The Bertz CT molecular complexity index is 197. The Morgan fingerprint density at radius 2 is 1.00 bits per heavy atom. The first-order chi connectivity index (χ1) is 8.27. The summed E-state index contributed by atoms with van der Waals surface area (Å²) in [5.41, 5.74) is 0. The van der Waals surface area contributed by atoms with E-state index in [-0.39, 0.29) is 0 Å². The standard InChI is InChI=1S/C8H16O2.2C2H4O2/c9-7-5-3-1-2-4-6-8(7)10;2*1-2(3)4/h7-10H,1-6H2;2*1H3,(H,3,4)/t7-,8-;;/m1../s1. The minimum atomic E-state index is -0.833. The third kappa shape index (κ3) is 20.3. The van der Waals surface area contributed by atoms with E-state index in [1.54, 1.807) is 0 Å². The second-order valence-corrected chi connectivity index (χ2v) is 4.16. The van der Waals surface area contributed by atoms with Gasteiger partial charge in [-0.15, -0.1) is 0 Å². The van der Waals surface area contributed by atoms with Gasteiger partial charge in [0.15, 0.2) is 0 Å². The maximum Gasteiger partial charge on any atom is 0.300 e. The van der Waals surface area contributed by atoms with Gasteiger partial charge in [-0.25, -0.2) is 0 Å². The van der Waals surface area contributed by atoms with Gasteiger partial charge in [-0.2, -0.15) is 0 Å². The van der Waals surface area contributed by atoms with Crippen LogP contribution in [0.1, 0.15) is 52.4 Å². The Morgan fingerprint density at radius 1 is 0.778 bits per heavy atom. The summed E-state index contributed by atoms with van der Waals surface area (Å²) in [7, 11) is 0. The fourth-order valence-corrected chi connectivity index (χ4v) is 1.45. The lowest BCUT2D eigenvalue weighted by atomic mass is 9.96. The molecule has 6 nitrogen and oxygen atoms in total. The van der Waals surface area contributed by atoms with Crippen molar-refractivity contribution in [1.29, 1.82) is 0 Å². The van der Waals surface area contributed by atoms with Crippen LogP contribution < -0.4 is 0 Å². The highest BCUT2D eigenvalue weighted by Gasteiger charge is 2.16. The molecule has 18 heavy (non-hydrogen) atoms. The van der Waals surface area contributed by atoms with Gasteiger partial charge in [0.05, 0.1) is 12.2 Å². The van der Waals surface area contributed by atoms with E-state index in [4.69, 9.17) is 19.8 Å². The third-order valence-electron chi connectivity index (χ3n) is 2.19. The maximum absolute atomic E-state index is 9.23. The van der Waals surface area contributed by atoms with Crippen LogP contribution in [0.15, 0.2) is 0 Å². The number of hydrogen-bond acceptors (Lipinski definition) is 4. The van der Waals surface area contributed by atoms with E-state index in [1.807, 2.05) is 0 Å². The van der Waals surface area contributed by atoms with Crippen LogP contribution in [0.4, 0.5) is 0 Å². The molecule has 0 bridgehead atoms. The Labute approximate surface area is 107 Å². The van der Waals surface area contributed by atoms with Gasteiger partial charge < -0.3 is 20.4 Å². The molecule has 108 valence electrons. The van der Waals surface area contributed by atoms with Crippen LogP contribution in [0.3, 0.4) is 0 Å². The van der Waals surface area contributed by atoms with Gasteiger partial charge in [0, 0.05) is 13.8 Å². The zero-order valence-corrected chi connectivity index (χ0v) is 11.0. The van der Waals surface area contributed by atoms with Crippen molar-refractivity contribution in [3.05, 3.63) is 0 Å². The minimum absolute atomic E-state index is 0.458. The summed E-state index contributed by atoms with van der Waals surface area (Å²) < 4.78 is 0. The molecule has 1 aliphatic carbocycles. The van der Waals surface area contributed by atoms with Crippen LogP contribution in [0, 0.1) is 0 Å². The normalized spacial score (nSPS) is 23.1. The average molecular weight is 264 g/mol. The molecule has 0 aromatic heterocycles. The zero-order chi connectivity index (χ0) is 14.6. The van der Waals surface area contributed by atoms with Gasteiger partial charge in [-0.05, 0) is 12.8 Å². The number of rotatable bonds is 0. The molecule has 0 heterocycles. The number of carboxylic acids is 2. The predicted molar refractivity (Wildman–Crippen MR) is 66.3 cm³/mol. The van der Waals surface area contributed by atoms with E-state index in [2.05, 4.69) is 0 Å². The molecule has 2 atom stereocenters. The van der Waals surface area contributed by atoms with Crippen LogP contribution in [0.5, 0.6) is 0 Å². The van der Waals surface area contributed by atoms with Crippen LogP contribution >= 0.6 is 0 Å². The van der Waals surface area contributed by atoms with Crippen molar-refractivity contribution in [3.63, 3.8) is 0 Å². The van der Waals surface area contributed by atoms with E-state index in [0.717, 1.165) is 39.5 Å². The topological polar surface area (TPSA) is 115 Å². The monoisotopic (exact) mass is 264 g/mol. The SMILES string of the molecule is CC(=O)O.CC(=O)O.O[C@@H]1CCCCCC[C@H]1O. The van der Waals surface area contributed by atoms with Crippen molar-refractivity contribution in [3.8, 4) is 0 Å². The summed E-state index contributed by atoms with van der Waals surface area (Å²) >= 11 is 0. The number of hydrogen-bond donors (Lipinski definition) is 4. The van der Waals surface area contributed by atoms with Crippen molar-refractivity contribution in [2.75, 3.05) is 0 Å². The summed E-state index contributed by atoms with van der Waals surface area (Å²) in [6.07, 6.45) is 5.20. The number of aliphatic carboxylic acids is 2. The van der Waals surface area contributed by atoms with Crippen molar-refractivity contribution in [2.24, 2.45) is 0 Å². The van der Waals surface area contributed by atoms with Crippen LogP contribution in [-0.2, 0) is 9.59 Å². The predicted octanol–water partition coefficient (Wildman–Crippen LogP) is 1.24. The molecule has 6 heteroatoms. The second-order valence-electron chi connectivity index (χ2n) is 4.16. The number of carbonyl (C=O) groups is 2. The first-order valence-electron chi connectivity index (χ1n) is 6.02. The van der Waals surface area contributed by atoms with E-state index in [0.29, 0.717) is 0 Å². The summed E-state index contributed by atoms with van der Waals surface area (Å²) in [4.78, 5) is 18.0. The quantitative estimate of drug-likeness (QED) is 0.523. The molecular formula is C12H24O6. The molecule has 0 aliphatic heterocycles. The van der Waals surface area contributed by atoms with Gasteiger partial charge >= 0.3 is 0 Å². The highest BCUT2D eigenvalue weighted by atomic mass is 16.4. The van der Waals surface area contributed by atoms with Crippen molar-refractivity contribution in [1.82, 2.24) is 0 Å². The van der Waals surface area contributed by atoms with Crippen molar-refractivity contribution >= 4 is 11.9 Å². The maximum atomic E-state index is 9.23. The van der Waals surface area contributed by atoms with Gasteiger partial charge in [0.1, 0.15) is 0 Å². The van der Waals surface area contributed by atoms with Crippen molar-refractivity contribution < 1.29 is 30.0 Å². The van der Waals surface area contributed by atoms with Crippen LogP contribution in [-0.4, -0.2) is 44.6 Å². The summed E-state index contributed by atoms with van der Waals surface area (Å²) in [6.45, 7) is 2.17. The lowest BCUT2D eigenvalue weighted by Crippen LogP contribution is -2.26. The molecule has 1 fully saturated rings. The Kier molecular flexibility index (Phi) is 13.1.